The quantitative estimate of drug-likeness (QED) is 0.736. The van der Waals surface area contributed by atoms with E-state index in [0.717, 1.165) is 0 Å². The van der Waals surface area contributed by atoms with E-state index < -0.39 is 17.4 Å². The number of aliphatic hydroxyl groups is 1. The lowest BCUT2D eigenvalue weighted by Gasteiger charge is -2.35. The first-order valence-electron chi connectivity index (χ1n) is 6.64. The molecule has 1 fully saturated rings. The molecule has 1 aliphatic carbocycles. The number of benzene rings is 1. The largest absolute Gasteiger partial charge is 0.481 e. The zero-order valence-corrected chi connectivity index (χ0v) is 12.7. The lowest BCUT2D eigenvalue weighted by atomic mass is 9.79. The van der Waals surface area contributed by atoms with Crippen LogP contribution >= 0.6 is 23.2 Å². The number of carboxylic acid groups (broad SMARTS) is 1. The van der Waals surface area contributed by atoms with Crippen LogP contribution in [0.4, 0.5) is 10.1 Å². The summed E-state index contributed by atoms with van der Waals surface area (Å²) in [5.74, 6) is -1.88. The third-order valence-corrected chi connectivity index (χ3v) is 4.42. The van der Waals surface area contributed by atoms with Crippen molar-refractivity contribution in [2.24, 2.45) is 5.92 Å². The van der Waals surface area contributed by atoms with E-state index in [4.69, 9.17) is 28.3 Å². The summed E-state index contributed by atoms with van der Waals surface area (Å²) in [5.41, 5.74) is -0.459. The predicted octanol–water partition coefficient (Wildman–Crippen LogP) is 3.55. The number of aliphatic carboxylic acids is 1. The molecule has 0 aromatic heterocycles. The van der Waals surface area contributed by atoms with E-state index in [0.29, 0.717) is 31.4 Å². The lowest BCUT2D eigenvalue weighted by molar-refractivity contribution is -0.144. The van der Waals surface area contributed by atoms with Gasteiger partial charge in [0, 0.05) is 12.2 Å². The van der Waals surface area contributed by atoms with Crippen LogP contribution < -0.4 is 5.32 Å². The summed E-state index contributed by atoms with van der Waals surface area (Å²) in [6.45, 7) is 0.234. The van der Waals surface area contributed by atoms with E-state index in [-0.39, 0.29) is 22.5 Å². The average Bonchev–Trinajstić information content (AvgIpc) is 2.43. The zero-order chi connectivity index (χ0) is 15.6. The first-order chi connectivity index (χ1) is 9.81. The van der Waals surface area contributed by atoms with Crippen molar-refractivity contribution < 1.29 is 19.4 Å². The van der Waals surface area contributed by atoms with Crippen molar-refractivity contribution in [1.82, 2.24) is 0 Å². The van der Waals surface area contributed by atoms with Crippen LogP contribution in [0, 0.1) is 11.7 Å². The van der Waals surface area contributed by atoms with E-state index >= 15 is 0 Å². The van der Waals surface area contributed by atoms with Gasteiger partial charge < -0.3 is 15.5 Å². The molecule has 0 atom stereocenters. The SMILES string of the molecule is O=C(O)C1CCC(O)(CNc2cc(Cl)c(F)c(Cl)c2)CC1. The minimum Gasteiger partial charge on any atom is -0.481 e. The van der Waals surface area contributed by atoms with Crippen LogP contribution in [0.3, 0.4) is 0 Å². The van der Waals surface area contributed by atoms with Gasteiger partial charge in [0.2, 0.25) is 0 Å². The summed E-state index contributed by atoms with van der Waals surface area (Å²) in [6, 6.07) is 2.80. The van der Waals surface area contributed by atoms with Gasteiger partial charge >= 0.3 is 5.97 Å². The van der Waals surface area contributed by atoms with Crippen molar-refractivity contribution in [2.45, 2.75) is 31.3 Å². The Morgan fingerprint density at radius 1 is 1.33 bits per heavy atom. The number of carboxylic acids is 1. The Balaban J connectivity index is 1.95. The van der Waals surface area contributed by atoms with Gasteiger partial charge in [-0.15, -0.1) is 0 Å². The molecule has 1 saturated carbocycles. The second-order valence-electron chi connectivity index (χ2n) is 5.44. The first-order valence-corrected chi connectivity index (χ1v) is 7.40. The Labute approximate surface area is 131 Å². The van der Waals surface area contributed by atoms with Crippen LogP contribution in [0.1, 0.15) is 25.7 Å². The molecular formula is C14H16Cl2FNO3. The minimum atomic E-state index is -0.973. The van der Waals surface area contributed by atoms with Gasteiger partial charge in [-0.3, -0.25) is 4.79 Å². The molecule has 21 heavy (non-hydrogen) atoms. The number of anilines is 1. The molecule has 116 valence electrons. The summed E-state index contributed by atoms with van der Waals surface area (Å²) in [6.07, 6.45) is 1.69. The lowest BCUT2D eigenvalue weighted by Crippen LogP contribution is -2.41. The highest BCUT2D eigenvalue weighted by Crippen LogP contribution is 2.33. The van der Waals surface area contributed by atoms with Crippen LogP contribution in [0.2, 0.25) is 10.0 Å². The van der Waals surface area contributed by atoms with Gasteiger partial charge in [-0.1, -0.05) is 23.2 Å². The molecule has 2 rings (SSSR count). The van der Waals surface area contributed by atoms with Crippen LogP contribution in [0.15, 0.2) is 12.1 Å². The average molecular weight is 336 g/mol. The fourth-order valence-electron chi connectivity index (χ4n) is 2.50. The topological polar surface area (TPSA) is 69.6 Å². The molecule has 0 spiro atoms. The monoisotopic (exact) mass is 335 g/mol. The maximum Gasteiger partial charge on any atom is 0.306 e. The fraction of sp³-hybridized carbons (Fsp3) is 0.500. The van der Waals surface area contributed by atoms with Gasteiger partial charge in [0.25, 0.3) is 0 Å². The van der Waals surface area contributed by atoms with Crippen LogP contribution in [0.5, 0.6) is 0 Å². The molecule has 1 aromatic carbocycles. The first kappa shape index (κ1) is 16.3. The highest BCUT2D eigenvalue weighted by atomic mass is 35.5. The molecule has 0 aliphatic heterocycles. The molecule has 0 saturated heterocycles. The molecule has 3 N–H and O–H groups in total. The standard InChI is InChI=1S/C14H16Cl2FNO3/c15-10-5-9(6-11(16)12(10)17)18-7-14(21)3-1-8(2-4-14)13(19)20/h5-6,8,18,21H,1-4,7H2,(H,19,20). The maximum absolute atomic E-state index is 13.3. The van der Waals surface area contributed by atoms with Crippen molar-refractivity contribution in [1.29, 1.82) is 0 Å². The molecule has 0 heterocycles. The highest BCUT2D eigenvalue weighted by molar-refractivity contribution is 6.35. The van der Waals surface area contributed by atoms with Crippen molar-refractivity contribution in [3.8, 4) is 0 Å². The smallest absolute Gasteiger partial charge is 0.306 e. The number of rotatable bonds is 4. The van der Waals surface area contributed by atoms with Crippen molar-refractivity contribution in [2.75, 3.05) is 11.9 Å². The van der Waals surface area contributed by atoms with Crippen LogP contribution in [-0.2, 0) is 4.79 Å². The van der Waals surface area contributed by atoms with E-state index in [1.165, 1.54) is 12.1 Å². The predicted molar refractivity (Wildman–Crippen MR) is 79.5 cm³/mol. The Bertz CT molecular complexity index is 522. The van der Waals surface area contributed by atoms with E-state index in [9.17, 15) is 14.3 Å². The van der Waals surface area contributed by atoms with Gasteiger partial charge in [-0.05, 0) is 37.8 Å². The molecule has 4 nitrogen and oxygen atoms in total. The number of hydrogen-bond acceptors (Lipinski definition) is 3. The second-order valence-corrected chi connectivity index (χ2v) is 6.26. The van der Waals surface area contributed by atoms with Crippen molar-refractivity contribution >= 4 is 34.9 Å². The van der Waals surface area contributed by atoms with E-state index in [1.54, 1.807) is 0 Å². The number of hydrogen-bond donors (Lipinski definition) is 3. The molecule has 0 bridgehead atoms. The van der Waals surface area contributed by atoms with E-state index in [1.807, 2.05) is 0 Å². The molecule has 0 unspecified atom stereocenters. The Morgan fingerprint density at radius 2 is 1.86 bits per heavy atom. The molecule has 7 heteroatoms. The summed E-state index contributed by atoms with van der Waals surface area (Å²) in [7, 11) is 0. The van der Waals surface area contributed by atoms with Crippen molar-refractivity contribution in [3.05, 3.63) is 28.0 Å². The maximum atomic E-state index is 13.3. The molecule has 0 radical (unpaired) electrons. The Kier molecular flexibility index (Phi) is 4.96. The summed E-state index contributed by atoms with van der Waals surface area (Å²) < 4.78 is 13.3. The Hall–Kier alpha value is -1.04. The third-order valence-electron chi connectivity index (χ3n) is 3.87. The van der Waals surface area contributed by atoms with Gasteiger partial charge in [-0.25, -0.2) is 4.39 Å². The van der Waals surface area contributed by atoms with Gasteiger partial charge in [0.05, 0.1) is 21.6 Å². The second kappa shape index (κ2) is 6.38. The van der Waals surface area contributed by atoms with E-state index in [2.05, 4.69) is 5.32 Å². The van der Waals surface area contributed by atoms with Gasteiger partial charge in [0.15, 0.2) is 5.82 Å². The highest BCUT2D eigenvalue weighted by Gasteiger charge is 2.35. The molecule has 0 amide bonds. The summed E-state index contributed by atoms with van der Waals surface area (Å²) >= 11 is 11.4. The third kappa shape index (κ3) is 3.99. The Morgan fingerprint density at radius 3 is 2.33 bits per heavy atom. The summed E-state index contributed by atoms with van der Waals surface area (Å²) in [4.78, 5) is 10.9. The normalized spacial score (nSPS) is 25.6. The van der Waals surface area contributed by atoms with Crippen molar-refractivity contribution in [3.63, 3.8) is 0 Å². The molecule has 1 aliphatic rings. The zero-order valence-electron chi connectivity index (χ0n) is 11.2. The number of halogens is 3. The van der Waals surface area contributed by atoms with Gasteiger partial charge in [-0.2, -0.15) is 0 Å². The van der Waals surface area contributed by atoms with Crippen LogP contribution in [0.25, 0.3) is 0 Å². The molecular weight excluding hydrogens is 320 g/mol. The van der Waals surface area contributed by atoms with Crippen LogP contribution in [-0.4, -0.2) is 28.3 Å². The summed E-state index contributed by atoms with van der Waals surface area (Å²) in [5, 5.41) is 22.2. The fourth-order valence-corrected chi connectivity index (χ4v) is 2.99. The number of carbonyl (C=O) groups is 1. The number of nitrogens with one attached hydrogen (secondary N) is 1. The van der Waals surface area contributed by atoms with Gasteiger partial charge in [0.1, 0.15) is 0 Å². The minimum absolute atomic E-state index is 0.0911. The molecule has 1 aromatic rings.